The fourth-order valence-corrected chi connectivity index (χ4v) is 8.75. The van der Waals surface area contributed by atoms with E-state index >= 15 is 0 Å². The molecule has 152 valence electrons. The van der Waals surface area contributed by atoms with Crippen LogP contribution in [0.1, 0.15) is 27.7 Å². The summed E-state index contributed by atoms with van der Waals surface area (Å²) < 4.78 is 12.0. The first-order chi connectivity index (χ1) is 13.2. The molecule has 28 heavy (non-hydrogen) atoms. The summed E-state index contributed by atoms with van der Waals surface area (Å²) in [6, 6.07) is 20.0. The Bertz CT molecular complexity index is 708. The van der Waals surface area contributed by atoms with Gasteiger partial charge in [-0.1, -0.05) is 81.4 Å². The fraction of sp³-hybridized carbons (Fsp3) is 0.455. The zero-order chi connectivity index (χ0) is 20.5. The molecule has 0 radical (unpaired) electrons. The summed E-state index contributed by atoms with van der Waals surface area (Å²) in [5, 5.41) is 33.3. The third-order valence-corrected chi connectivity index (χ3v) is 10.6. The van der Waals surface area contributed by atoms with Crippen molar-refractivity contribution in [3.8, 4) is 0 Å². The second-order valence-electron chi connectivity index (χ2n) is 8.46. The molecule has 5 atom stereocenters. The van der Waals surface area contributed by atoms with Crippen molar-refractivity contribution < 1.29 is 24.5 Å². The van der Waals surface area contributed by atoms with E-state index in [2.05, 4.69) is 20.8 Å². The average Bonchev–Trinajstić information content (AvgIpc) is 2.67. The summed E-state index contributed by atoms with van der Waals surface area (Å²) >= 11 is 0. The molecule has 2 aromatic carbocycles. The second-order valence-corrected chi connectivity index (χ2v) is 12.7. The van der Waals surface area contributed by atoms with Crippen LogP contribution in [-0.2, 0) is 9.16 Å². The lowest BCUT2D eigenvalue weighted by Gasteiger charge is -2.49. The highest BCUT2D eigenvalue weighted by molar-refractivity contribution is 6.99. The number of rotatable bonds is 4. The molecule has 0 unspecified atom stereocenters. The van der Waals surface area contributed by atoms with Gasteiger partial charge in [-0.3, -0.25) is 0 Å². The van der Waals surface area contributed by atoms with Gasteiger partial charge in [-0.2, -0.15) is 0 Å². The summed E-state index contributed by atoms with van der Waals surface area (Å²) in [6.45, 7) is 8.03. The van der Waals surface area contributed by atoms with Gasteiger partial charge < -0.3 is 24.5 Å². The lowest BCUT2D eigenvalue weighted by molar-refractivity contribution is -0.274. The molecule has 0 aliphatic carbocycles. The van der Waals surface area contributed by atoms with Crippen molar-refractivity contribution >= 4 is 18.7 Å². The summed E-state index contributed by atoms with van der Waals surface area (Å²) in [5.74, 6) is 0. The lowest BCUT2D eigenvalue weighted by Crippen LogP contribution is -2.71. The van der Waals surface area contributed by atoms with E-state index in [0.717, 1.165) is 10.4 Å². The van der Waals surface area contributed by atoms with E-state index in [9.17, 15) is 15.3 Å². The molecule has 5 nitrogen and oxygen atoms in total. The highest BCUT2D eigenvalue weighted by Gasteiger charge is 2.55. The number of ether oxygens (including phenoxy) is 1. The summed E-state index contributed by atoms with van der Waals surface area (Å²) in [5.41, 5.74) is 0. The molecule has 3 rings (SSSR count). The van der Waals surface area contributed by atoms with E-state index in [1.54, 1.807) is 6.92 Å². The van der Waals surface area contributed by atoms with Gasteiger partial charge in [0.2, 0.25) is 0 Å². The molecule has 1 saturated heterocycles. The number of hydrogen-bond acceptors (Lipinski definition) is 5. The Labute approximate surface area is 167 Å². The van der Waals surface area contributed by atoms with Gasteiger partial charge in [0.15, 0.2) is 6.29 Å². The molecule has 0 saturated carbocycles. The predicted molar refractivity (Wildman–Crippen MR) is 111 cm³/mol. The topological polar surface area (TPSA) is 79.2 Å². The van der Waals surface area contributed by atoms with Crippen molar-refractivity contribution in [3.63, 3.8) is 0 Å². The number of hydrogen-bond donors (Lipinski definition) is 3. The standard InChI is InChI=1S/C22H30O5Si/c1-15-18(23)20(19(24)21(25)26-15)27-28(22(2,3)4,16-11-7-5-8-12-16)17-13-9-6-10-14-17/h5-15,18-21,23-25H,1-4H3/t15-,18-,19+,20+,21+/m0/s1. The fourth-order valence-electron chi connectivity index (χ4n) is 4.05. The monoisotopic (exact) mass is 402 g/mol. The Morgan fingerprint density at radius 3 is 1.71 bits per heavy atom. The molecule has 1 fully saturated rings. The van der Waals surface area contributed by atoms with E-state index in [-0.39, 0.29) is 5.04 Å². The van der Waals surface area contributed by atoms with Crippen LogP contribution in [-0.4, -0.2) is 54.3 Å². The molecule has 0 amide bonds. The maximum Gasteiger partial charge on any atom is 0.261 e. The van der Waals surface area contributed by atoms with Crippen molar-refractivity contribution in [2.45, 2.75) is 63.4 Å². The molecular formula is C22H30O5Si. The van der Waals surface area contributed by atoms with Crippen LogP contribution in [0.2, 0.25) is 5.04 Å². The Hall–Kier alpha value is -1.54. The molecule has 6 heteroatoms. The van der Waals surface area contributed by atoms with Crippen molar-refractivity contribution in [3.05, 3.63) is 60.7 Å². The Morgan fingerprint density at radius 1 is 0.821 bits per heavy atom. The molecule has 0 aromatic heterocycles. The molecular weight excluding hydrogens is 372 g/mol. The summed E-state index contributed by atoms with van der Waals surface area (Å²) in [7, 11) is -2.97. The van der Waals surface area contributed by atoms with E-state index in [1.807, 2.05) is 60.7 Å². The van der Waals surface area contributed by atoms with Gasteiger partial charge in [-0.15, -0.1) is 0 Å². The minimum atomic E-state index is -2.97. The Kier molecular flexibility index (Phi) is 6.10. The second kappa shape index (κ2) is 8.06. The first-order valence-electron chi connectivity index (χ1n) is 9.67. The number of aliphatic hydroxyl groups excluding tert-OH is 3. The minimum Gasteiger partial charge on any atom is -0.399 e. The molecule has 1 heterocycles. The van der Waals surface area contributed by atoms with Gasteiger partial charge in [0.05, 0.1) is 6.10 Å². The largest absolute Gasteiger partial charge is 0.399 e. The SMILES string of the molecule is C[C@@H]1O[C@@H](O)[C@H](O)[C@H](O[Si](c2ccccc2)(c2ccccc2)C(C)(C)C)[C@H]1O. The molecule has 0 bridgehead atoms. The third kappa shape index (κ3) is 3.68. The smallest absolute Gasteiger partial charge is 0.261 e. The van der Waals surface area contributed by atoms with Crippen LogP contribution in [0.25, 0.3) is 0 Å². The van der Waals surface area contributed by atoms with E-state index in [0.29, 0.717) is 0 Å². The minimum absolute atomic E-state index is 0.304. The maximum atomic E-state index is 10.7. The first kappa shape index (κ1) is 21.2. The van der Waals surface area contributed by atoms with Gasteiger partial charge >= 0.3 is 0 Å². The highest BCUT2D eigenvalue weighted by atomic mass is 28.4. The zero-order valence-electron chi connectivity index (χ0n) is 16.8. The summed E-state index contributed by atoms with van der Waals surface area (Å²) in [6.07, 6.45) is -5.42. The quantitative estimate of drug-likeness (QED) is 0.674. The average molecular weight is 403 g/mol. The Morgan fingerprint density at radius 2 is 1.29 bits per heavy atom. The van der Waals surface area contributed by atoms with E-state index in [1.165, 1.54) is 0 Å². The predicted octanol–water partition coefficient (Wildman–Crippen LogP) is 1.39. The molecule has 2 aromatic rings. The van der Waals surface area contributed by atoms with Crippen molar-refractivity contribution in [1.82, 2.24) is 0 Å². The van der Waals surface area contributed by atoms with Crippen molar-refractivity contribution in [1.29, 1.82) is 0 Å². The Balaban J connectivity index is 2.19. The first-order valence-corrected chi connectivity index (χ1v) is 11.6. The van der Waals surface area contributed by atoms with Crippen LogP contribution in [0.15, 0.2) is 60.7 Å². The lowest BCUT2D eigenvalue weighted by atomic mass is 10.0. The summed E-state index contributed by atoms with van der Waals surface area (Å²) in [4.78, 5) is 0. The van der Waals surface area contributed by atoms with Crippen LogP contribution < -0.4 is 10.4 Å². The van der Waals surface area contributed by atoms with Crippen LogP contribution in [0, 0.1) is 0 Å². The zero-order valence-corrected chi connectivity index (χ0v) is 17.8. The number of benzene rings is 2. The van der Waals surface area contributed by atoms with Crippen LogP contribution in [0.4, 0.5) is 0 Å². The van der Waals surface area contributed by atoms with Crippen molar-refractivity contribution in [2.24, 2.45) is 0 Å². The molecule has 3 N–H and O–H groups in total. The maximum absolute atomic E-state index is 10.7. The van der Waals surface area contributed by atoms with Gasteiger partial charge in [-0.25, -0.2) is 0 Å². The molecule has 1 aliphatic heterocycles. The molecule has 1 aliphatic rings. The highest BCUT2D eigenvalue weighted by Crippen LogP contribution is 2.39. The van der Waals surface area contributed by atoms with Gasteiger partial charge in [-0.05, 0) is 22.3 Å². The van der Waals surface area contributed by atoms with Crippen molar-refractivity contribution in [2.75, 3.05) is 0 Å². The van der Waals surface area contributed by atoms with Crippen LogP contribution in [0.3, 0.4) is 0 Å². The van der Waals surface area contributed by atoms with Gasteiger partial charge in [0.1, 0.15) is 18.3 Å². The molecule has 0 spiro atoms. The van der Waals surface area contributed by atoms with Crippen LogP contribution in [0.5, 0.6) is 0 Å². The number of aliphatic hydroxyl groups is 3. The van der Waals surface area contributed by atoms with Crippen LogP contribution >= 0.6 is 0 Å². The van der Waals surface area contributed by atoms with E-state index in [4.69, 9.17) is 9.16 Å². The van der Waals surface area contributed by atoms with Gasteiger partial charge in [0, 0.05) is 0 Å². The normalized spacial score (nSPS) is 28.9. The third-order valence-electron chi connectivity index (χ3n) is 5.53. The van der Waals surface area contributed by atoms with Gasteiger partial charge in [0.25, 0.3) is 8.32 Å². The van der Waals surface area contributed by atoms with E-state index < -0.39 is 39.0 Å².